The van der Waals surface area contributed by atoms with E-state index in [1.54, 1.807) is 6.20 Å². The topological polar surface area (TPSA) is 33.1 Å². The first-order valence-electron chi connectivity index (χ1n) is 5.90. The molecular weight excluding hydrogens is 210 g/mol. The first kappa shape index (κ1) is 11.8. The summed E-state index contributed by atoms with van der Waals surface area (Å²) >= 11 is 0. The number of aromatic nitrogens is 1. The lowest BCUT2D eigenvalue weighted by atomic mass is 10.0. The minimum Gasteiger partial charge on any atom is -0.387 e. The van der Waals surface area contributed by atoms with Crippen molar-refractivity contribution in [1.29, 1.82) is 0 Å². The van der Waals surface area contributed by atoms with Crippen LogP contribution in [0.3, 0.4) is 0 Å². The summed E-state index contributed by atoms with van der Waals surface area (Å²) in [5.74, 6) is 0. The van der Waals surface area contributed by atoms with Gasteiger partial charge in [0.15, 0.2) is 0 Å². The third kappa shape index (κ3) is 3.40. The van der Waals surface area contributed by atoms with E-state index in [0.717, 1.165) is 17.7 Å². The second-order valence-corrected chi connectivity index (χ2v) is 4.30. The van der Waals surface area contributed by atoms with E-state index in [4.69, 9.17) is 0 Å². The fraction of sp³-hybridized carbons (Fsp3) is 0.267. The van der Waals surface area contributed by atoms with Crippen molar-refractivity contribution >= 4 is 0 Å². The molecule has 1 N–H and O–H groups in total. The largest absolute Gasteiger partial charge is 0.387 e. The smallest absolute Gasteiger partial charge is 0.0962 e. The van der Waals surface area contributed by atoms with Gasteiger partial charge in [-0.1, -0.05) is 36.4 Å². The zero-order valence-electron chi connectivity index (χ0n) is 10.0. The van der Waals surface area contributed by atoms with E-state index >= 15 is 0 Å². The SMILES string of the molecule is Cc1ccc(C(O)CCc2ccccc2)nc1. The second kappa shape index (κ2) is 5.60. The van der Waals surface area contributed by atoms with Gasteiger partial charge in [-0.3, -0.25) is 4.98 Å². The molecule has 2 aromatic rings. The Labute approximate surface area is 102 Å². The highest BCUT2D eigenvalue weighted by Crippen LogP contribution is 2.17. The number of aryl methyl sites for hydroxylation is 2. The molecule has 2 rings (SSSR count). The fourth-order valence-corrected chi connectivity index (χ4v) is 1.77. The van der Waals surface area contributed by atoms with Gasteiger partial charge in [0, 0.05) is 6.20 Å². The van der Waals surface area contributed by atoms with Crippen LogP contribution in [0.15, 0.2) is 48.7 Å². The average Bonchev–Trinajstić information content (AvgIpc) is 2.38. The van der Waals surface area contributed by atoms with Crippen LogP contribution in [0.25, 0.3) is 0 Å². The van der Waals surface area contributed by atoms with Crippen LogP contribution in [0.5, 0.6) is 0 Å². The molecule has 1 unspecified atom stereocenters. The Bertz CT molecular complexity index is 450. The molecule has 1 heterocycles. The van der Waals surface area contributed by atoms with Gasteiger partial charge in [0.05, 0.1) is 11.8 Å². The Balaban J connectivity index is 1.93. The first-order chi connectivity index (χ1) is 8.25. The number of hydrogen-bond donors (Lipinski definition) is 1. The molecule has 1 aromatic heterocycles. The van der Waals surface area contributed by atoms with E-state index in [1.165, 1.54) is 5.56 Å². The zero-order valence-corrected chi connectivity index (χ0v) is 10.0. The van der Waals surface area contributed by atoms with Gasteiger partial charge in [-0.05, 0) is 37.0 Å². The maximum Gasteiger partial charge on any atom is 0.0962 e. The predicted octanol–water partition coefficient (Wildman–Crippen LogP) is 3.06. The van der Waals surface area contributed by atoms with Crippen LogP contribution < -0.4 is 0 Å². The molecule has 2 heteroatoms. The molecule has 1 aromatic carbocycles. The van der Waals surface area contributed by atoms with Crippen LogP contribution in [0.4, 0.5) is 0 Å². The molecule has 0 bridgehead atoms. The van der Waals surface area contributed by atoms with Crippen LogP contribution in [0, 0.1) is 6.92 Å². The minimum absolute atomic E-state index is 0.476. The molecule has 1 atom stereocenters. The van der Waals surface area contributed by atoms with Crippen molar-refractivity contribution in [3.8, 4) is 0 Å². The Kier molecular flexibility index (Phi) is 3.89. The summed E-state index contributed by atoms with van der Waals surface area (Å²) in [6.07, 6.45) is 2.90. The van der Waals surface area contributed by atoms with Crippen molar-refractivity contribution in [2.24, 2.45) is 0 Å². The highest BCUT2D eigenvalue weighted by molar-refractivity contribution is 5.17. The molecule has 0 spiro atoms. The first-order valence-corrected chi connectivity index (χ1v) is 5.90. The molecule has 0 fully saturated rings. The van der Waals surface area contributed by atoms with E-state index in [-0.39, 0.29) is 0 Å². The van der Waals surface area contributed by atoms with Gasteiger partial charge < -0.3 is 5.11 Å². The molecule has 17 heavy (non-hydrogen) atoms. The highest BCUT2D eigenvalue weighted by atomic mass is 16.3. The Morgan fingerprint density at radius 1 is 1.12 bits per heavy atom. The van der Waals surface area contributed by atoms with E-state index < -0.39 is 6.10 Å². The fourth-order valence-electron chi connectivity index (χ4n) is 1.77. The minimum atomic E-state index is -0.476. The van der Waals surface area contributed by atoms with Crippen LogP contribution >= 0.6 is 0 Å². The summed E-state index contributed by atoms with van der Waals surface area (Å²) in [6.45, 7) is 1.99. The molecule has 0 amide bonds. The van der Waals surface area contributed by atoms with Crippen molar-refractivity contribution in [2.75, 3.05) is 0 Å². The van der Waals surface area contributed by atoms with E-state index in [9.17, 15) is 5.11 Å². The van der Waals surface area contributed by atoms with Gasteiger partial charge in [-0.25, -0.2) is 0 Å². The monoisotopic (exact) mass is 227 g/mol. The lowest BCUT2D eigenvalue weighted by molar-refractivity contribution is 0.163. The third-order valence-corrected chi connectivity index (χ3v) is 2.82. The molecule has 0 radical (unpaired) electrons. The molecule has 0 aliphatic rings. The van der Waals surface area contributed by atoms with Crippen LogP contribution in [0.2, 0.25) is 0 Å². The number of pyridine rings is 1. The summed E-state index contributed by atoms with van der Waals surface area (Å²) in [5.41, 5.74) is 3.12. The van der Waals surface area contributed by atoms with E-state index in [2.05, 4.69) is 17.1 Å². The summed E-state index contributed by atoms with van der Waals surface area (Å²) in [5, 5.41) is 10.0. The maximum atomic E-state index is 10.0. The lowest BCUT2D eigenvalue weighted by Crippen LogP contribution is -2.02. The average molecular weight is 227 g/mol. The summed E-state index contributed by atoms with van der Waals surface area (Å²) in [4.78, 5) is 4.24. The predicted molar refractivity (Wildman–Crippen MR) is 68.7 cm³/mol. The van der Waals surface area contributed by atoms with E-state index in [0.29, 0.717) is 6.42 Å². The van der Waals surface area contributed by atoms with Crippen LogP contribution in [-0.2, 0) is 6.42 Å². The number of rotatable bonds is 4. The normalized spacial score (nSPS) is 12.4. The molecule has 88 valence electrons. The zero-order chi connectivity index (χ0) is 12.1. The van der Waals surface area contributed by atoms with Gasteiger partial charge >= 0.3 is 0 Å². The summed E-state index contributed by atoms with van der Waals surface area (Å²) in [7, 11) is 0. The van der Waals surface area contributed by atoms with Crippen molar-refractivity contribution in [3.63, 3.8) is 0 Å². The molecule has 0 saturated carbocycles. The van der Waals surface area contributed by atoms with Gasteiger partial charge in [-0.15, -0.1) is 0 Å². The van der Waals surface area contributed by atoms with Crippen molar-refractivity contribution in [2.45, 2.75) is 25.9 Å². The maximum absolute atomic E-state index is 10.0. The molecule has 0 saturated heterocycles. The van der Waals surface area contributed by atoms with Gasteiger partial charge in [0.25, 0.3) is 0 Å². The number of benzene rings is 1. The van der Waals surface area contributed by atoms with Crippen molar-refractivity contribution < 1.29 is 5.11 Å². The summed E-state index contributed by atoms with van der Waals surface area (Å²) in [6, 6.07) is 14.1. The van der Waals surface area contributed by atoms with Crippen molar-refractivity contribution in [1.82, 2.24) is 4.98 Å². The molecule has 0 aliphatic heterocycles. The number of hydrogen-bond acceptors (Lipinski definition) is 2. The molecule has 2 nitrogen and oxygen atoms in total. The van der Waals surface area contributed by atoms with Crippen LogP contribution in [0.1, 0.15) is 29.3 Å². The summed E-state index contributed by atoms with van der Waals surface area (Å²) < 4.78 is 0. The number of nitrogens with zero attached hydrogens (tertiary/aromatic N) is 1. The van der Waals surface area contributed by atoms with Crippen LogP contribution in [-0.4, -0.2) is 10.1 Å². The standard InChI is InChI=1S/C15H17NO/c1-12-7-9-14(16-11-12)15(17)10-8-13-5-3-2-4-6-13/h2-7,9,11,15,17H,8,10H2,1H3. The van der Waals surface area contributed by atoms with Gasteiger partial charge in [0.1, 0.15) is 0 Å². The lowest BCUT2D eigenvalue weighted by Gasteiger charge is -2.10. The van der Waals surface area contributed by atoms with E-state index in [1.807, 2.05) is 37.3 Å². The number of aliphatic hydroxyl groups excluding tert-OH is 1. The Morgan fingerprint density at radius 3 is 2.53 bits per heavy atom. The third-order valence-electron chi connectivity index (χ3n) is 2.82. The molecule has 0 aliphatic carbocycles. The Morgan fingerprint density at radius 2 is 1.88 bits per heavy atom. The quantitative estimate of drug-likeness (QED) is 0.870. The van der Waals surface area contributed by atoms with Crippen molar-refractivity contribution in [3.05, 3.63) is 65.5 Å². The Hall–Kier alpha value is -1.67. The number of aliphatic hydroxyl groups is 1. The van der Waals surface area contributed by atoms with Gasteiger partial charge in [-0.2, -0.15) is 0 Å². The van der Waals surface area contributed by atoms with Gasteiger partial charge in [0.2, 0.25) is 0 Å². The highest BCUT2D eigenvalue weighted by Gasteiger charge is 2.08. The molecular formula is C15H17NO. The second-order valence-electron chi connectivity index (χ2n) is 4.30.